The smallest absolute Gasteiger partial charge is 0.221 e. The number of nitrogens with zero attached hydrogens (tertiary/aromatic N) is 2. The molecule has 24 heavy (non-hydrogen) atoms. The van der Waals surface area contributed by atoms with Crippen molar-refractivity contribution in [2.24, 2.45) is 0 Å². The van der Waals surface area contributed by atoms with Crippen LogP contribution in [0.4, 0.5) is 11.5 Å². The van der Waals surface area contributed by atoms with Crippen LogP contribution in [0.2, 0.25) is 0 Å². The number of amides is 1. The predicted molar refractivity (Wildman–Crippen MR) is 98.1 cm³/mol. The van der Waals surface area contributed by atoms with Gasteiger partial charge in [0.2, 0.25) is 5.91 Å². The van der Waals surface area contributed by atoms with Crippen molar-refractivity contribution in [1.82, 2.24) is 9.97 Å². The average Bonchev–Trinajstić information content (AvgIpc) is 2.59. The molecular formula is C19H20N4O. The Kier molecular flexibility index (Phi) is 4.70. The number of fused-ring (bicyclic) bond motifs is 1. The molecule has 0 bridgehead atoms. The van der Waals surface area contributed by atoms with Crippen LogP contribution >= 0.6 is 0 Å². The second-order valence-corrected chi connectivity index (χ2v) is 5.64. The molecule has 1 amide bonds. The van der Waals surface area contributed by atoms with Crippen LogP contribution in [0.3, 0.4) is 0 Å². The van der Waals surface area contributed by atoms with E-state index in [4.69, 9.17) is 0 Å². The van der Waals surface area contributed by atoms with Crippen molar-refractivity contribution in [3.8, 4) is 11.1 Å². The molecule has 0 aliphatic heterocycles. The minimum Gasteiger partial charge on any atom is -0.369 e. The van der Waals surface area contributed by atoms with Crippen LogP contribution < -0.4 is 10.6 Å². The third-order valence-electron chi connectivity index (χ3n) is 3.72. The van der Waals surface area contributed by atoms with Crippen molar-refractivity contribution >= 4 is 28.3 Å². The quantitative estimate of drug-likeness (QED) is 0.743. The molecule has 0 saturated carbocycles. The maximum absolute atomic E-state index is 11.1. The second-order valence-electron chi connectivity index (χ2n) is 5.64. The highest BCUT2D eigenvalue weighted by molar-refractivity contribution is 5.93. The van der Waals surface area contributed by atoms with E-state index in [1.165, 1.54) is 6.92 Å². The molecule has 2 N–H and O–H groups in total. The van der Waals surface area contributed by atoms with Crippen molar-refractivity contribution in [3.63, 3.8) is 0 Å². The number of hydrogen-bond acceptors (Lipinski definition) is 4. The normalized spacial score (nSPS) is 10.6. The standard InChI is InChI=1S/C19H20N4O/c1-3-10-20-19-17-11-15(6-9-18(17)21-12-22-19)14-4-7-16(8-5-14)23-13(2)24/h4-9,11-12H,3,10H2,1-2H3,(H,23,24)(H,20,21,22). The Morgan fingerprint density at radius 2 is 1.79 bits per heavy atom. The number of nitrogens with one attached hydrogen (secondary N) is 2. The first-order valence-corrected chi connectivity index (χ1v) is 8.04. The number of anilines is 2. The highest BCUT2D eigenvalue weighted by Gasteiger charge is 2.06. The molecule has 0 unspecified atom stereocenters. The summed E-state index contributed by atoms with van der Waals surface area (Å²) in [6.07, 6.45) is 2.62. The summed E-state index contributed by atoms with van der Waals surface area (Å²) in [5.41, 5.74) is 3.88. The molecule has 0 aliphatic rings. The first kappa shape index (κ1) is 15.9. The SMILES string of the molecule is CCCNc1ncnc2ccc(-c3ccc(NC(C)=O)cc3)cc12. The summed E-state index contributed by atoms with van der Waals surface area (Å²) in [6.45, 7) is 4.50. The van der Waals surface area contributed by atoms with Gasteiger partial charge in [-0.25, -0.2) is 9.97 Å². The van der Waals surface area contributed by atoms with E-state index in [9.17, 15) is 4.79 Å². The topological polar surface area (TPSA) is 66.9 Å². The van der Waals surface area contributed by atoms with E-state index >= 15 is 0 Å². The lowest BCUT2D eigenvalue weighted by molar-refractivity contribution is -0.114. The first-order chi connectivity index (χ1) is 11.7. The average molecular weight is 320 g/mol. The van der Waals surface area contributed by atoms with Crippen LogP contribution in [-0.2, 0) is 4.79 Å². The minimum atomic E-state index is -0.0720. The molecular weight excluding hydrogens is 300 g/mol. The second kappa shape index (κ2) is 7.08. The third-order valence-corrected chi connectivity index (χ3v) is 3.72. The number of carbonyl (C=O) groups excluding carboxylic acids is 1. The molecule has 122 valence electrons. The van der Waals surface area contributed by atoms with Gasteiger partial charge in [-0.1, -0.05) is 25.1 Å². The van der Waals surface area contributed by atoms with Crippen molar-refractivity contribution in [2.75, 3.05) is 17.2 Å². The van der Waals surface area contributed by atoms with Gasteiger partial charge in [0.25, 0.3) is 0 Å². The van der Waals surface area contributed by atoms with Gasteiger partial charge in [-0.05, 0) is 41.8 Å². The predicted octanol–water partition coefficient (Wildman–Crippen LogP) is 4.08. The zero-order valence-corrected chi connectivity index (χ0v) is 13.8. The fourth-order valence-electron chi connectivity index (χ4n) is 2.57. The van der Waals surface area contributed by atoms with Crippen LogP contribution in [0.15, 0.2) is 48.8 Å². The lowest BCUT2D eigenvalue weighted by atomic mass is 10.0. The molecule has 5 heteroatoms. The van der Waals surface area contributed by atoms with E-state index in [-0.39, 0.29) is 5.91 Å². The van der Waals surface area contributed by atoms with Crippen molar-refractivity contribution in [1.29, 1.82) is 0 Å². The van der Waals surface area contributed by atoms with Gasteiger partial charge in [0, 0.05) is 24.5 Å². The Bertz CT molecular complexity index is 859. The van der Waals surface area contributed by atoms with Crippen molar-refractivity contribution < 1.29 is 4.79 Å². The minimum absolute atomic E-state index is 0.0720. The van der Waals surface area contributed by atoms with Gasteiger partial charge in [0.1, 0.15) is 12.1 Å². The van der Waals surface area contributed by atoms with Gasteiger partial charge >= 0.3 is 0 Å². The zero-order chi connectivity index (χ0) is 16.9. The Hall–Kier alpha value is -2.95. The van der Waals surface area contributed by atoms with Crippen LogP contribution in [0, 0.1) is 0 Å². The van der Waals surface area contributed by atoms with Gasteiger partial charge in [-0.2, -0.15) is 0 Å². The fourth-order valence-corrected chi connectivity index (χ4v) is 2.57. The third kappa shape index (κ3) is 3.51. The summed E-state index contributed by atoms with van der Waals surface area (Å²) in [5, 5.41) is 7.13. The molecule has 0 fully saturated rings. The van der Waals surface area contributed by atoms with E-state index in [0.717, 1.165) is 46.5 Å². The lowest BCUT2D eigenvalue weighted by Crippen LogP contribution is -2.05. The van der Waals surface area contributed by atoms with Crippen LogP contribution in [0.5, 0.6) is 0 Å². The van der Waals surface area contributed by atoms with E-state index in [2.05, 4.69) is 33.6 Å². The molecule has 0 aliphatic carbocycles. The summed E-state index contributed by atoms with van der Waals surface area (Å²) in [6, 6.07) is 13.9. The molecule has 2 aromatic carbocycles. The number of carbonyl (C=O) groups is 1. The van der Waals surface area contributed by atoms with Gasteiger partial charge in [0.15, 0.2) is 0 Å². The maximum atomic E-state index is 11.1. The van der Waals surface area contributed by atoms with Crippen LogP contribution in [-0.4, -0.2) is 22.4 Å². The van der Waals surface area contributed by atoms with Gasteiger partial charge in [-0.15, -0.1) is 0 Å². The molecule has 0 radical (unpaired) electrons. The Morgan fingerprint density at radius 1 is 1.04 bits per heavy atom. The summed E-state index contributed by atoms with van der Waals surface area (Å²) < 4.78 is 0. The van der Waals surface area contributed by atoms with E-state index in [1.54, 1.807) is 6.33 Å². The fraction of sp³-hybridized carbons (Fsp3) is 0.211. The molecule has 5 nitrogen and oxygen atoms in total. The molecule has 0 spiro atoms. The zero-order valence-electron chi connectivity index (χ0n) is 13.8. The largest absolute Gasteiger partial charge is 0.369 e. The van der Waals surface area contributed by atoms with Crippen LogP contribution in [0.1, 0.15) is 20.3 Å². The van der Waals surface area contributed by atoms with Gasteiger partial charge < -0.3 is 10.6 Å². The highest BCUT2D eigenvalue weighted by Crippen LogP contribution is 2.27. The Morgan fingerprint density at radius 3 is 2.50 bits per heavy atom. The summed E-state index contributed by atoms with van der Waals surface area (Å²) >= 11 is 0. The van der Waals surface area contributed by atoms with Crippen LogP contribution in [0.25, 0.3) is 22.0 Å². The highest BCUT2D eigenvalue weighted by atomic mass is 16.1. The maximum Gasteiger partial charge on any atom is 0.221 e. The lowest BCUT2D eigenvalue weighted by Gasteiger charge is -2.09. The van der Waals surface area contributed by atoms with Crippen molar-refractivity contribution in [3.05, 3.63) is 48.8 Å². The molecule has 3 aromatic rings. The molecule has 3 rings (SSSR count). The van der Waals surface area contributed by atoms with Crippen molar-refractivity contribution in [2.45, 2.75) is 20.3 Å². The molecule has 0 saturated heterocycles. The van der Waals surface area contributed by atoms with E-state index < -0.39 is 0 Å². The van der Waals surface area contributed by atoms with Gasteiger partial charge in [0.05, 0.1) is 5.52 Å². The van der Waals surface area contributed by atoms with E-state index in [0.29, 0.717) is 0 Å². The molecule has 0 atom stereocenters. The monoisotopic (exact) mass is 320 g/mol. The van der Waals surface area contributed by atoms with Gasteiger partial charge in [-0.3, -0.25) is 4.79 Å². The number of aromatic nitrogens is 2. The molecule has 1 aromatic heterocycles. The summed E-state index contributed by atoms with van der Waals surface area (Å²) in [5.74, 6) is 0.788. The first-order valence-electron chi connectivity index (χ1n) is 8.04. The Labute approximate surface area is 141 Å². The molecule has 1 heterocycles. The number of rotatable bonds is 5. The summed E-state index contributed by atoms with van der Waals surface area (Å²) in [7, 11) is 0. The summed E-state index contributed by atoms with van der Waals surface area (Å²) in [4.78, 5) is 19.8. The Balaban J connectivity index is 1.96. The number of benzene rings is 2. The number of hydrogen-bond donors (Lipinski definition) is 2. The van der Waals surface area contributed by atoms with E-state index in [1.807, 2.05) is 36.4 Å².